The van der Waals surface area contributed by atoms with Gasteiger partial charge in [0.25, 0.3) is 5.69 Å². The fourth-order valence-electron chi connectivity index (χ4n) is 7.55. The van der Waals surface area contributed by atoms with Crippen molar-refractivity contribution >= 4 is 45.6 Å². The van der Waals surface area contributed by atoms with Crippen LogP contribution in [0.3, 0.4) is 0 Å². The summed E-state index contributed by atoms with van der Waals surface area (Å²) in [6, 6.07) is 22.9. The predicted molar refractivity (Wildman–Crippen MR) is 175 cm³/mol. The second-order valence-electron chi connectivity index (χ2n) is 12.1. The van der Waals surface area contributed by atoms with E-state index in [1.807, 2.05) is 48.5 Å². The number of non-ortho nitro benzene ring substituents is 1. The Bertz CT molecular complexity index is 1930. The SMILES string of the molecule is CCC1=C2[C@@H](CC/C(=C/c3ccc(O)c4ccccc34)c3ccccn3)OC[C@@H]2[C@@H]2C(=O)N(c3cccc([N+](=O)[O-])c3)C(=O)[C@@H]2C1. The molecule has 7 rings (SSSR count). The zero-order valence-corrected chi connectivity index (χ0v) is 25.3. The second kappa shape index (κ2) is 12.0. The predicted octanol–water partition coefficient (Wildman–Crippen LogP) is 7.10. The highest BCUT2D eigenvalue weighted by Crippen LogP contribution is 2.51. The van der Waals surface area contributed by atoms with Gasteiger partial charge < -0.3 is 9.84 Å². The molecule has 1 aromatic heterocycles. The van der Waals surface area contributed by atoms with E-state index in [2.05, 4.69) is 18.0 Å². The van der Waals surface area contributed by atoms with Crippen LogP contribution in [0.15, 0.2) is 96.2 Å². The van der Waals surface area contributed by atoms with Gasteiger partial charge in [-0.05, 0) is 78.1 Å². The second-order valence-corrected chi connectivity index (χ2v) is 12.1. The maximum atomic E-state index is 13.9. The van der Waals surface area contributed by atoms with Crippen LogP contribution in [-0.2, 0) is 14.3 Å². The van der Waals surface area contributed by atoms with Gasteiger partial charge in [-0.3, -0.25) is 24.7 Å². The molecule has 0 saturated carbocycles. The third-order valence-corrected chi connectivity index (χ3v) is 9.67. The standard InChI is InChI=1S/C37H33N3O6/c1-2-22-19-29-35(37(43)39(36(29)42)25-8-7-9-26(20-25)40(44)45)30-21-46-33(34(22)30)16-14-24(31-12-5-6-17-38-31)18-23-13-15-32(41)28-11-4-3-10-27(23)28/h3-13,15,17-18,20,29-30,33,35,41H,2,14,16,19,21H2,1H3/b24-18-/t29-,30+,33-,35-/m1/s1. The number of aromatic hydroxyl groups is 1. The van der Waals surface area contributed by atoms with E-state index in [0.717, 1.165) is 50.1 Å². The number of pyridine rings is 1. The maximum Gasteiger partial charge on any atom is 0.271 e. The molecule has 0 radical (unpaired) electrons. The smallest absolute Gasteiger partial charge is 0.271 e. The van der Waals surface area contributed by atoms with Gasteiger partial charge in [0.05, 0.1) is 40.9 Å². The van der Waals surface area contributed by atoms with E-state index < -0.39 is 16.8 Å². The highest BCUT2D eigenvalue weighted by atomic mass is 16.6. The number of carbonyl (C=O) groups excluding carboxylic acids is 2. The average Bonchev–Trinajstić information content (AvgIpc) is 3.61. The molecular weight excluding hydrogens is 582 g/mol. The van der Waals surface area contributed by atoms with Gasteiger partial charge in [-0.1, -0.05) is 55.0 Å². The van der Waals surface area contributed by atoms with Crippen molar-refractivity contribution in [2.24, 2.45) is 17.8 Å². The van der Waals surface area contributed by atoms with E-state index in [9.17, 15) is 24.8 Å². The van der Waals surface area contributed by atoms with Gasteiger partial charge in [0.2, 0.25) is 11.8 Å². The van der Waals surface area contributed by atoms with E-state index in [4.69, 9.17) is 4.74 Å². The van der Waals surface area contributed by atoms with Crippen molar-refractivity contribution < 1.29 is 24.4 Å². The molecule has 0 spiro atoms. The van der Waals surface area contributed by atoms with E-state index in [1.165, 1.54) is 18.2 Å². The summed E-state index contributed by atoms with van der Waals surface area (Å²) in [4.78, 5) is 44.2. The number of aromatic nitrogens is 1. The Hall–Kier alpha value is -5.15. The number of amides is 2. The molecule has 9 nitrogen and oxygen atoms in total. The van der Waals surface area contributed by atoms with Gasteiger partial charge >= 0.3 is 0 Å². The van der Waals surface area contributed by atoms with E-state index in [-0.39, 0.29) is 41.0 Å². The van der Waals surface area contributed by atoms with Crippen LogP contribution >= 0.6 is 0 Å². The Labute approximate surface area is 266 Å². The molecule has 232 valence electrons. The third-order valence-electron chi connectivity index (χ3n) is 9.67. The van der Waals surface area contributed by atoms with Gasteiger partial charge in [-0.15, -0.1) is 0 Å². The molecule has 1 N–H and O–H groups in total. The Morgan fingerprint density at radius 2 is 1.83 bits per heavy atom. The van der Waals surface area contributed by atoms with E-state index in [1.54, 1.807) is 18.3 Å². The molecule has 46 heavy (non-hydrogen) atoms. The van der Waals surface area contributed by atoms with Crippen LogP contribution in [0.4, 0.5) is 11.4 Å². The molecule has 3 heterocycles. The first-order valence-electron chi connectivity index (χ1n) is 15.6. The Kier molecular flexibility index (Phi) is 7.70. The number of nitro groups is 1. The molecule has 4 atom stereocenters. The zero-order valence-electron chi connectivity index (χ0n) is 25.3. The molecule has 2 fully saturated rings. The van der Waals surface area contributed by atoms with Crippen LogP contribution in [0, 0.1) is 27.9 Å². The Morgan fingerprint density at radius 3 is 2.59 bits per heavy atom. The molecule has 0 bridgehead atoms. The topological polar surface area (TPSA) is 123 Å². The summed E-state index contributed by atoms with van der Waals surface area (Å²) < 4.78 is 6.43. The summed E-state index contributed by atoms with van der Waals surface area (Å²) in [7, 11) is 0. The summed E-state index contributed by atoms with van der Waals surface area (Å²) in [5.41, 5.74) is 5.21. The van der Waals surface area contributed by atoms with Crippen LogP contribution < -0.4 is 4.90 Å². The molecule has 2 aliphatic heterocycles. The number of hydrogen-bond donors (Lipinski definition) is 1. The molecule has 3 aliphatic rings. The number of phenols is 1. The van der Waals surface area contributed by atoms with Crippen LogP contribution in [0.25, 0.3) is 22.4 Å². The van der Waals surface area contributed by atoms with Crippen molar-refractivity contribution in [3.05, 3.63) is 118 Å². The van der Waals surface area contributed by atoms with Crippen LogP contribution in [-0.4, -0.2) is 39.5 Å². The summed E-state index contributed by atoms with van der Waals surface area (Å²) >= 11 is 0. The molecule has 0 unspecified atom stereocenters. The molecular formula is C37H33N3O6. The largest absolute Gasteiger partial charge is 0.507 e. The minimum Gasteiger partial charge on any atom is -0.507 e. The molecule has 2 saturated heterocycles. The molecule has 1 aliphatic carbocycles. The number of phenolic OH excluding ortho intramolecular Hbond substituents is 1. The zero-order chi connectivity index (χ0) is 31.9. The first kappa shape index (κ1) is 29.6. The lowest BCUT2D eigenvalue weighted by atomic mass is 9.69. The summed E-state index contributed by atoms with van der Waals surface area (Å²) in [6.45, 7) is 2.42. The highest BCUT2D eigenvalue weighted by molar-refractivity contribution is 6.22. The fraction of sp³-hybridized carbons (Fsp3) is 0.270. The van der Waals surface area contributed by atoms with Crippen LogP contribution in [0.2, 0.25) is 0 Å². The van der Waals surface area contributed by atoms with Crippen molar-refractivity contribution in [3.8, 4) is 5.75 Å². The van der Waals surface area contributed by atoms with Crippen molar-refractivity contribution in [1.82, 2.24) is 4.98 Å². The Morgan fingerprint density at radius 1 is 1.02 bits per heavy atom. The van der Waals surface area contributed by atoms with Crippen molar-refractivity contribution in [3.63, 3.8) is 0 Å². The summed E-state index contributed by atoms with van der Waals surface area (Å²) in [6.07, 6.45) is 6.24. The highest BCUT2D eigenvalue weighted by Gasteiger charge is 2.57. The molecule has 3 aromatic carbocycles. The maximum absolute atomic E-state index is 13.9. The molecule has 4 aromatic rings. The van der Waals surface area contributed by atoms with Gasteiger partial charge in [-0.2, -0.15) is 0 Å². The van der Waals surface area contributed by atoms with Gasteiger partial charge in [0.15, 0.2) is 0 Å². The van der Waals surface area contributed by atoms with Crippen molar-refractivity contribution in [1.29, 1.82) is 0 Å². The molecule has 2 amide bonds. The fourth-order valence-corrected chi connectivity index (χ4v) is 7.55. The van der Waals surface area contributed by atoms with Gasteiger partial charge in [-0.25, -0.2) is 4.90 Å². The average molecular weight is 616 g/mol. The number of hydrogen-bond acceptors (Lipinski definition) is 7. The van der Waals surface area contributed by atoms with Gasteiger partial charge in [0, 0.05) is 29.6 Å². The minimum atomic E-state index is -0.559. The third kappa shape index (κ3) is 5.06. The lowest BCUT2D eigenvalue weighted by molar-refractivity contribution is -0.384. The van der Waals surface area contributed by atoms with E-state index in [0.29, 0.717) is 25.9 Å². The normalized spacial score (nSPS) is 22.8. The van der Waals surface area contributed by atoms with Crippen molar-refractivity contribution in [2.75, 3.05) is 11.5 Å². The number of carbonyl (C=O) groups is 2. The number of benzene rings is 3. The summed E-state index contributed by atoms with van der Waals surface area (Å²) in [5.74, 6) is -1.67. The van der Waals surface area contributed by atoms with Crippen LogP contribution in [0.5, 0.6) is 5.75 Å². The number of fused-ring (bicyclic) bond motifs is 4. The number of nitrogens with zero attached hydrogens (tertiary/aromatic N) is 3. The lowest BCUT2D eigenvalue weighted by Gasteiger charge is -2.31. The number of anilines is 1. The van der Waals surface area contributed by atoms with Crippen molar-refractivity contribution in [2.45, 2.75) is 38.7 Å². The number of nitro benzene ring substituents is 1. The number of imide groups is 1. The first-order valence-corrected chi connectivity index (χ1v) is 15.6. The number of allylic oxidation sites excluding steroid dienone is 2. The first-order chi connectivity index (χ1) is 22.4. The van der Waals surface area contributed by atoms with Gasteiger partial charge in [0.1, 0.15) is 5.75 Å². The monoisotopic (exact) mass is 615 g/mol. The number of rotatable bonds is 8. The van der Waals surface area contributed by atoms with E-state index >= 15 is 0 Å². The minimum absolute atomic E-state index is 0.164. The quantitative estimate of drug-likeness (QED) is 0.0971. The lowest BCUT2D eigenvalue weighted by Crippen LogP contribution is -2.34. The van der Waals surface area contributed by atoms with Crippen LogP contribution in [0.1, 0.15) is 43.9 Å². The Balaban J connectivity index is 1.18. The number of ether oxygens (including phenoxy) is 1. The summed E-state index contributed by atoms with van der Waals surface area (Å²) in [5, 5.41) is 23.6. The molecule has 9 heteroatoms.